The number of carbonyl (C=O) groups excluding carboxylic acids is 1. The van der Waals surface area contributed by atoms with Crippen LogP contribution in [0.3, 0.4) is 0 Å². The zero-order chi connectivity index (χ0) is 16.9. The average molecular weight is 326 g/mol. The Morgan fingerprint density at radius 2 is 1.68 bits per heavy atom. The normalized spacial score (nSPS) is 36.6. The van der Waals surface area contributed by atoms with E-state index in [9.17, 15) is 30.3 Å². The molecule has 10 nitrogen and oxygen atoms in total. The van der Waals surface area contributed by atoms with Crippen LogP contribution in [-0.4, -0.2) is 104 Å². The molecule has 10 heteroatoms. The van der Waals surface area contributed by atoms with Crippen molar-refractivity contribution in [3.63, 3.8) is 0 Å². The lowest BCUT2D eigenvalue weighted by atomic mass is 9.99. The Balaban J connectivity index is 2.84. The van der Waals surface area contributed by atoms with Gasteiger partial charge in [0.05, 0.1) is 19.3 Å². The highest BCUT2D eigenvalue weighted by Gasteiger charge is 2.46. The molecule has 0 amide bonds. The van der Waals surface area contributed by atoms with Crippen LogP contribution in [0.4, 0.5) is 0 Å². The van der Waals surface area contributed by atoms with Gasteiger partial charge in [-0.25, -0.2) is 0 Å². The Morgan fingerprint density at radius 1 is 1.05 bits per heavy atom. The first-order valence-electron chi connectivity index (χ1n) is 6.73. The first kappa shape index (κ1) is 19.4. The number of aliphatic hydroxyl groups is 7. The smallest absolute Gasteiger partial charge is 0.187 e. The highest BCUT2D eigenvalue weighted by molar-refractivity contribution is 5.50. The minimum absolute atomic E-state index is 0.373. The van der Waals surface area contributed by atoms with E-state index in [1.54, 1.807) is 0 Å². The van der Waals surface area contributed by atoms with Crippen molar-refractivity contribution < 1.29 is 50.0 Å². The SMILES string of the molecule is O=CC[C@@H](O)[C@H](O[C@@H]1O[C@@H](CO)[C@H](O)[C@@H](O)[C@H]1O)[C@H](O)CO. The van der Waals surface area contributed by atoms with E-state index in [2.05, 4.69) is 0 Å². The molecule has 1 aliphatic rings. The fraction of sp³-hybridized carbons (Fsp3) is 0.917. The predicted octanol–water partition coefficient (Wildman–Crippen LogP) is -4.53. The van der Waals surface area contributed by atoms with Crippen LogP contribution in [0.15, 0.2) is 0 Å². The van der Waals surface area contributed by atoms with Gasteiger partial charge in [0.25, 0.3) is 0 Å². The molecule has 0 spiro atoms. The Kier molecular flexibility index (Phi) is 7.76. The van der Waals surface area contributed by atoms with Crippen molar-refractivity contribution in [3.8, 4) is 0 Å². The van der Waals surface area contributed by atoms with E-state index in [1.807, 2.05) is 0 Å². The third-order valence-corrected chi connectivity index (χ3v) is 3.42. The molecule has 1 rings (SSSR count). The fourth-order valence-electron chi connectivity index (χ4n) is 2.11. The third kappa shape index (κ3) is 4.41. The summed E-state index contributed by atoms with van der Waals surface area (Å²) >= 11 is 0. The van der Waals surface area contributed by atoms with Crippen molar-refractivity contribution >= 4 is 6.29 Å². The summed E-state index contributed by atoms with van der Waals surface area (Å²) in [5.41, 5.74) is 0. The number of hydrogen-bond acceptors (Lipinski definition) is 10. The molecule has 1 fully saturated rings. The largest absolute Gasteiger partial charge is 0.394 e. The van der Waals surface area contributed by atoms with Crippen molar-refractivity contribution in [1.82, 2.24) is 0 Å². The first-order valence-corrected chi connectivity index (χ1v) is 6.73. The Hall–Kier alpha value is -0.690. The molecular formula is C12H22O10. The molecule has 0 aliphatic carbocycles. The zero-order valence-electron chi connectivity index (χ0n) is 11.7. The molecule has 7 N–H and O–H groups in total. The molecule has 130 valence electrons. The average Bonchev–Trinajstić information content (AvgIpc) is 2.51. The van der Waals surface area contributed by atoms with Gasteiger partial charge in [-0.1, -0.05) is 0 Å². The van der Waals surface area contributed by atoms with E-state index in [1.165, 1.54) is 0 Å². The van der Waals surface area contributed by atoms with E-state index < -0.39 is 68.7 Å². The molecule has 1 saturated heterocycles. The van der Waals surface area contributed by atoms with E-state index in [0.29, 0.717) is 6.29 Å². The van der Waals surface area contributed by atoms with Gasteiger partial charge < -0.3 is 50.0 Å². The molecule has 1 aliphatic heterocycles. The maximum atomic E-state index is 10.4. The number of aliphatic hydroxyl groups excluding tert-OH is 7. The third-order valence-electron chi connectivity index (χ3n) is 3.42. The summed E-state index contributed by atoms with van der Waals surface area (Å²) in [7, 11) is 0. The molecule has 8 atom stereocenters. The van der Waals surface area contributed by atoms with Gasteiger partial charge in [0, 0.05) is 6.42 Å². The lowest BCUT2D eigenvalue weighted by Crippen LogP contribution is -2.61. The maximum absolute atomic E-state index is 10.4. The molecule has 0 bridgehead atoms. The van der Waals surface area contributed by atoms with E-state index in [4.69, 9.17) is 19.7 Å². The van der Waals surface area contributed by atoms with Crippen LogP contribution in [0.25, 0.3) is 0 Å². The van der Waals surface area contributed by atoms with E-state index in [-0.39, 0.29) is 0 Å². The van der Waals surface area contributed by atoms with Crippen LogP contribution in [-0.2, 0) is 14.3 Å². The maximum Gasteiger partial charge on any atom is 0.187 e. The Morgan fingerprint density at radius 3 is 2.18 bits per heavy atom. The summed E-state index contributed by atoms with van der Waals surface area (Å²) in [5.74, 6) is 0. The fourth-order valence-corrected chi connectivity index (χ4v) is 2.11. The van der Waals surface area contributed by atoms with Gasteiger partial charge in [-0.2, -0.15) is 0 Å². The highest BCUT2D eigenvalue weighted by Crippen LogP contribution is 2.24. The van der Waals surface area contributed by atoms with Crippen LogP contribution in [0.5, 0.6) is 0 Å². The summed E-state index contributed by atoms with van der Waals surface area (Å²) in [6, 6.07) is 0. The summed E-state index contributed by atoms with van der Waals surface area (Å²) < 4.78 is 10.2. The van der Waals surface area contributed by atoms with Gasteiger partial charge in [0.2, 0.25) is 0 Å². The monoisotopic (exact) mass is 326 g/mol. The summed E-state index contributed by atoms with van der Waals surface area (Å²) in [6.45, 7) is -1.47. The second-order valence-corrected chi connectivity index (χ2v) is 5.02. The quantitative estimate of drug-likeness (QED) is 0.215. The lowest BCUT2D eigenvalue weighted by molar-refractivity contribution is -0.324. The van der Waals surface area contributed by atoms with Crippen LogP contribution >= 0.6 is 0 Å². The molecule has 1 heterocycles. The predicted molar refractivity (Wildman–Crippen MR) is 68.4 cm³/mol. The minimum Gasteiger partial charge on any atom is -0.394 e. The topological polar surface area (TPSA) is 177 Å². The minimum atomic E-state index is -1.73. The van der Waals surface area contributed by atoms with Crippen molar-refractivity contribution in [1.29, 1.82) is 0 Å². The van der Waals surface area contributed by atoms with E-state index >= 15 is 0 Å². The summed E-state index contributed by atoms with van der Waals surface area (Å²) in [5, 5.41) is 66.4. The molecule has 0 saturated carbocycles. The number of hydrogen-bond donors (Lipinski definition) is 7. The number of ether oxygens (including phenoxy) is 2. The zero-order valence-corrected chi connectivity index (χ0v) is 11.7. The second-order valence-electron chi connectivity index (χ2n) is 5.02. The van der Waals surface area contributed by atoms with Crippen molar-refractivity contribution in [3.05, 3.63) is 0 Å². The van der Waals surface area contributed by atoms with Crippen LogP contribution in [0.1, 0.15) is 6.42 Å². The first-order chi connectivity index (χ1) is 10.4. The standard InChI is InChI=1S/C12H22O10/c13-2-1-5(16)11(6(17)3-14)22-12-10(20)9(19)8(18)7(4-15)21-12/h2,5-12,14-20H,1,3-4H2/t5-,6-,7+,8+,9-,10-,11+,12+/m1/s1. The molecule has 0 unspecified atom stereocenters. The van der Waals surface area contributed by atoms with Gasteiger partial charge in [-0.3, -0.25) is 0 Å². The van der Waals surface area contributed by atoms with E-state index in [0.717, 1.165) is 0 Å². The van der Waals surface area contributed by atoms with Crippen molar-refractivity contribution in [2.75, 3.05) is 13.2 Å². The van der Waals surface area contributed by atoms with Crippen molar-refractivity contribution in [2.24, 2.45) is 0 Å². The van der Waals surface area contributed by atoms with Crippen LogP contribution < -0.4 is 0 Å². The Labute approximate surface area is 126 Å². The number of carbonyl (C=O) groups is 1. The van der Waals surface area contributed by atoms with Crippen LogP contribution in [0.2, 0.25) is 0 Å². The van der Waals surface area contributed by atoms with Crippen LogP contribution in [0, 0.1) is 0 Å². The number of rotatable bonds is 8. The summed E-state index contributed by atoms with van der Waals surface area (Å²) in [4.78, 5) is 10.4. The molecule has 0 aromatic rings. The number of aldehydes is 1. The van der Waals surface area contributed by atoms with Gasteiger partial charge >= 0.3 is 0 Å². The van der Waals surface area contributed by atoms with Gasteiger partial charge in [0.1, 0.15) is 42.9 Å². The Bertz CT molecular complexity index is 338. The van der Waals surface area contributed by atoms with Gasteiger partial charge in [-0.05, 0) is 0 Å². The second kappa shape index (κ2) is 8.82. The molecule has 0 radical (unpaired) electrons. The van der Waals surface area contributed by atoms with Crippen molar-refractivity contribution in [2.45, 2.75) is 55.4 Å². The molecule has 0 aromatic heterocycles. The highest BCUT2D eigenvalue weighted by atomic mass is 16.7. The van der Waals surface area contributed by atoms with Gasteiger partial charge in [-0.15, -0.1) is 0 Å². The molecular weight excluding hydrogens is 304 g/mol. The summed E-state index contributed by atoms with van der Waals surface area (Å²) in [6.07, 6.45) is -12.4. The lowest BCUT2D eigenvalue weighted by Gasteiger charge is -2.41. The molecule has 0 aromatic carbocycles. The van der Waals surface area contributed by atoms with Gasteiger partial charge in [0.15, 0.2) is 6.29 Å². The molecule has 22 heavy (non-hydrogen) atoms.